The zero-order chi connectivity index (χ0) is 12.0. The largest absolute Gasteiger partial charge is 0.299 e. The van der Waals surface area contributed by atoms with Crippen LogP contribution in [0.25, 0.3) is 0 Å². The second-order valence-corrected chi connectivity index (χ2v) is 5.88. The number of Topliss-reactive ketones (excluding diaryl/α,β-unsaturated/α-hetero) is 1. The van der Waals surface area contributed by atoms with Gasteiger partial charge in [-0.15, -0.1) is 0 Å². The quantitative estimate of drug-likeness (QED) is 0.644. The molecule has 0 radical (unpaired) electrons. The van der Waals surface area contributed by atoms with Gasteiger partial charge in [-0.3, -0.25) is 4.79 Å². The molecule has 0 aromatic heterocycles. The van der Waals surface area contributed by atoms with Crippen molar-refractivity contribution in [1.82, 2.24) is 0 Å². The van der Waals surface area contributed by atoms with Crippen LogP contribution in [0.1, 0.15) is 72.1 Å². The maximum Gasteiger partial charge on any atom is 0.135 e. The van der Waals surface area contributed by atoms with Crippen molar-refractivity contribution in [2.45, 2.75) is 72.1 Å². The number of rotatable bonds is 6. The molecule has 16 heavy (non-hydrogen) atoms. The number of ketones is 1. The molecule has 1 rings (SSSR count). The van der Waals surface area contributed by atoms with Gasteiger partial charge in [-0.2, -0.15) is 0 Å². The molecule has 0 unspecified atom stereocenters. The summed E-state index contributed by atoms with van der Waals surface area (Å²) < 4.78 is 0. The lowest BCUT2D eigenvalue weighted by Crippen LogP contribution is -2.21. The highest BCUT2D eigenvalue weighted by Gasteiger charge is 2.24. The van der Waals surface area contributed by atoms with E-state index in [-0.39, 0.29) is 0 Å². The van der Waals surface area contributed by atoms with Crippen molar-refractivity contribution in [3.63, 3.8) is 0 Å². The van der Waals surface area contributed by atoms with Crippen LogP contribution in [0.3, 0.4) is 0 Å². The van der Waals surface area contributed by atoms with Crippen molar-refractivity contribution in [1.29, 1.82) is 0 Å². The molecule has 0 spiro atoms. The van der Waals surface area contributed by atoms with Crippen molar-refractivity contribution < 1.29 is 4.79 Å². The van der Waals surface area contributed by atoms with E-state index in [1.165, 1.54) is 38.5 Å². The van der Waals surface area contributed by atoms with Gasteiger partial charge in [-0.25, -0.2) is 0 Å². The average Bonchev–Trinajstić information content (AvgIpc) is 2.28. The molecule has 1 nitrogen and oxygen atoms in total. The first-order valence-corrected chi connectivity index (χ1v) is 7.16. The molecule has 0 bridgehead atoms. The summed E-state index contributed by atoms with van der Waals surface area (Å²) in [5.41, 5.74) is 0. The molecule has 0 aliphatic heterocycles. The fourth-order valence-electron chi connectivity index (χ4n) is 2.78. The molecule has 1 heteroatoms. The van der Waals surface area contributed by atoms with E-state index in [0.29, 0.717) is 11.7 Å². The van der Waals surface area contributed by atoms with Crippen molar-refractivity contribution in [3.8, 4) is 0 Å². The minimum atomic E-state index is 0.412. The van der Waals surface area contributed by atoms with Gasteiger partial charge in [-0.1, -0.05) is 33.6 Å². The Balaban J connectivity index is 2.18. The molecule has 0 saturated heterocycles. The molecular weight excluding hydrogens is 196 g/mol. The van der Waals surface area contributed by atoms with Crippen LogP contribution >= 0.6 is 0 Å². The zero-order valence-corrected chi connectivity index (χ0v) is 11.3. The Morgan fingerprint density at radius 2 is 1.81 bits per heavy atom. The predicted octanol–water partition coefficient (Wildman–Crippen LogP) is 4.60. The second kappa shape index (κ2) is 7.09. The summed E-state index contributed by atoms with van der Waals surface area (Å²) in [7, 11) is 0. The summed E-state index contributed by atoms with van der Waals surface area (Å²) in [6.45, 7) is 6.74. The van der Waals surface area contributed by atoms with E-state index in [1.54, 1.807) is 0 Å². The van der Waals surface area contributed by atoms with Crippen molar-refractivity contribution >= 4 is 5.78 Å². The maximum atomic E-state index is 12.0. The minimum Gasteiger partial charge on any atom is -0.299 e. The fraction of sp³-hybridized carbons (Fsp3) is 0.933. The highest BCUT2D eigenvalue weighted by Crippen LogP contribution is 2.31. The van der Waals surface area contributed by atoms with E-state index in [2.05, 4.69) is 20.8 Å². The van der Waals surface area contributed by atoms with Gasteiger partial charge in [0.1, 0.15) is 5.78 Å². The van der Waals surface area contributed by atoms with Crippen molar-refractivity contribution in [2.24, 2.45) is 17.8 Å². The lowest BCUT2D eigenvalue weighted by atomic mass is 9.78. The summed E-state index contributed by atoms with van der Waals surface area (Å²) in [5.74, 6) is 2.61. The van der Waals surface area contributed by atoms with Crippen LogP contribution in [-0.4, -0.2) is 5.78 Å². The lowest BCUT2D eigenvalue weighted by molar-refractivity contribution is -0.124. The third-order valence-corrected chi connectivity index (χ3v) is 4.08. The molecule has 0 amide bonds. The fourth-order valence-corrected chi connectivity index (χ4v) is 2.78. The molecule has 0 N–H and O–H groups in total. The van der Waals surface area contributed by atoms with E-state index < -0.39 is 0 Å². The number of carbonyl (C=O) groups excluding carboxylic acids is 1. The standard InChI is InChI=1S/C15H28O/c1-4-13-8-10-14(11-9-13)15(16)7-5-6-12(2)3/h12-14H,4-11H2,1-3H3. The third kappa shape index (κ3) is 4.67. The molecule has 94 valence electrons. The topological polar surface area (TPSA) is 17.1 Å². The number of carbonyl (C=O) groups is 1. The molecule has 1 aliphatic rings. The smallest absolute Gasteiger partial charge is 0.135 e. The van der Waals surface area contributed by atoms with Gasteiger partial charge < -0.3 is 0 Å². The molecular formula is C15H28O. The highest BCUT2D eigenvalue weighted by molar-refractivity contribution is 5.81. The van der Waals surface area contributed by atoms with Crippen LogP contribution in [-0.2, 0) is 4.79 Å². The molecule has 0 aromatic rings. The summed E-state index contributed by atoms with van der Waals surface area (Å²) in [4.78, 5) is 12.0. The van der Waals surface area contributed by atoms with Crippen LogP contribution in [0.4, 0.5) is 0 Å². The summed E-state index contributed by atoms with van der Waals surface area (Å²) in [5, 5.41) is 0. The zero-order valence-electron chi connectivity index (χ0n) is 11.3. The molecule has 0 aromatic carbocycles. The first kappa shape index (κ1) is 13.7. The molecule has 0 atom stereocenters. The van der Waals surface area contributed by atoms with Crippen molar-refractivity contribution in [2.75, 3.05) is 0 Å². The molecule has 1 fully saturated rings. The van der Waals surface area contributed by atoms with Crippen LogP contribution < -0.4 is 0 Å². The molecule has 1 saturated carbocycles. The number of hydrogen-bond donors (Lipinski definition) is 0. The van der Waals surface area contributed by atoms with Crippen LogP contribution in [0, 0.1) is 17.8 Å². The normalized spacial score (nSPS) is 26.0. The van der Waals surface area contributed by atoms with Gasteiger partial charge in [0, 0.05) is 12.3 Å². The third-order valence-electron chi connectivity index (χ3n) is 4.08. The predicted molar refractivity (Wildman–Crippen MR) is 69.4 cm³/mol. The monoisotopic (exact) mass is 224 g/mol. The molecule has 0 heterocycles. The molecule has 1 aliphatic carbocycles. The highest BCUT2D eigenvalue weighted by atomic mass is 16.1. The second-order valence-electron chi connectivity index (χ2n) is 5.88. The van der Waals surface area contributed by atoms with Gasteiger partial charge in [0.25, 0.3) is 0 Å². The van der Waals surface area contributed by atoms with E-state index >= 15 is 0 Å². The summed E-state index contributed by atoms with van der Waals surface area (Å²) in [6.07, 6.45) is 9.35. The van der Waals surface area contributed by atoms with Gasteiger partial charge in [0.2, 0.25) is 0 Å². The average molecular weight is 224 g/mol. The Morgan fingerprint density at radius 3 is 2.31 bits per heavy atom. The van der Waals surface area contributed by atoms with E-state index in [9.17, 15) is 4.79 Å². The van der Waals surface area contributed by atoms with Gasteiger partial charge in [0.15, 0.2) is 0 Å². The van der Waals surface area contributed by atoms with Gasteiger partial charge in [0.05, 0.1) is 0 Å². The van der Waals surface area contributed by atoms with Crippen molar-refractivity contribution in [3.05, 3.63) is 0 Å². The first-order valence-electron chi connectivity index (χ1n) is 7.16. The van der Waals surface area contributed by atoms with E-state index in [0.717, 1.165) is 24.7 Å². The maximum absolute atomic E-state index is 12.0. The number of hydrogen-bond acceptors (Lipinski definition) is 1. The van der Waals surface area contributed by atoms with Gasteiger partial charge >= 0.3 is 0 Å². The van der Waals surface area contributed by atoms with E-state index in [1.807, 2.05) is 0 Å². The van der Waals surface area contributed by atoms with Gasteiger partial charge in [-0.05, 0) is 43.9 Å². The Morgan fingerprint density at radius 1 is 1.19 bits per heavy atom. The SMILES string of the molecule is CCC1CCC(C(=O)CCCC(C)C)CC1. The Hall–Kier alpha value is -0.330. The van der Waals surface area contributed by atoms with Crippen LogP contribution in [0.15, 0.2) is 0 Å². The first-order chi connectivity index (χ1) is 7.63. The Bertz CT molecular complexity index is 199. The van der Waals surface area contributed by atoms with Crippen LogP contribution in [0.5, 0.6) is 0 Å². The summed E-state index contributed by atoms with van der Waals surface area (Å²) in [6, 6.07) is 0. The summed E-state index contributed by atoms with van der Waals surface area (Å²) >= 11 is 0. The lowest BCUT2D eigenvalue weighted by Gasteiger charge is -2.26. The minimum absolute atomic E-state index is 0.412. The Kier molecular flexibility index (Phi) is 6.08. The van der Waals surface area contributed by atoms with Crippen LogP contribution in [0.2, 0.25) is 0 Å². The Labute approximate surface area is 101 Å². The van der Waals surface area contributed by atoms with E-state index in [4.69, 9.17) is 0 Å².